The Hall–Kier alpha value is -3.66. The predicted octanol–water partition coefficient (Wildman–Crippen LogP) is 3.88. The van der Waals surface area contributed by atoms with Gasteiger partial charge in [-0.05, 0) is 36.8 Å². The average molecular weight is 398 g/mol. The molecule has 7 heteroatoms. The van der Waals surface area contributed by atoms with Crippen molar-refractivity contribution in [2.75, 3.05) is 16.8 Å². The maximum absolute atomic E-state index is 13.1. The molecule has 150 valence electrons. The van der Waals surface area contributed by atoms with Gasteiger partial charge in [0.05, 0.1) is 11.8 Å². The van der Waals surface area contributed by atoms with Gasteiger partial charge in [-0.3, -0.25) is 9.48 Å². The fourth-order valence-corrected chi connectivity index (χ4v) is 4.33. The van der Waals surface area contributed by atoms with Gasteiger partial charge in [0.15, 0.2) is 5.82 Å². The summed E-state index contributed by atoms with van der Waals surface area (Å²) in [5.41, 5.74) is 1.99. The van der Waals surface area contributed by atoms with Gasteiger partial charge in [-0.1, -0.05) is 30.3 Å². The lowest BCUT2D eigenvalue weighted by Crippen LogP contribution is -2.35. The zero-order chi connectivity index (χ0) is 20.7. The molecule has 0 radical (unpaired) electrons. The molecule has 1 aliphatic carbocycles. The molecule has 1 atom stereocenters. The van der Waals surface area contributed by atoms with Gasteiger partial charge in [-0.15, -0.1) is 0 Å². The van der Waals surface area contributed by atoms with E-state index in [1.54, 1.807) is 11.1 Å². The first-order valence-electron chi connectivity index (χ1n) is 10.2. The van der Waals surface area contributed by atoms with Crippen LogP contribution in [0.5, 0.6) is 0 Å². The maximum atomic E-state index is 13.1. The third-order valence-electron chi connectivity index (χ3n) is 6.09. The lowest BCUT2D eigenvalue weighted by Gasteiger charge is -2.21. The largest absolute Gasteiger partial charge is 0.323 e. The Balaban J connectivity index is 1.38. The third-order valence-corrected chi connectivity index (χ3v) is 6.09. The molecule has 5 rings (SSSR count). The molecule has 2 fully saturated rings. The van der Waals surface area contributed by atoms with Crippen molar-refractivity contribution >= 4 is 23.2 Å². The number of pyridine rings is 1. The molecule has 2 aromatic heterocycles. The number of nitrogens with zero attached hydrogens (tertiary/aromatic N) is 5. The summed E-state index contributed by atoms with van der Waals surface area (Å²) in [5.74, 6) is 1.43. The lowest BCUT2D eigenvalue weighted by atomic mass is 9.83. The molecular formula is C23H22N6O. The van der Waals surface area contributed by atoms with E-state index in [1.165, 1.54) is 0 Å². The predicted molar refractivity (Wildman–Crippen MR) is 114 cm³/mol. The zero-order valence-corrected chi connectivity index (χ0v) is 16.7. The van der Waals surface area contributed by atoms with E-state index in [9.17, 15) is 10.1 Å². The Morgan fingerprint density at radius 1 is 1.17 bits per heavy atom. The van der Waals surface area contributed by atoms with Crippen molar-refractivity contribution in [2.24, 2.45) is 18.4 Å². The number of nitrogens with one attached hydrogen (secondary N) is 1. The number of aryl methyl sites for hydroxylation is 1. The second-order valence-corrected chi connectivity index (χ2v) is 7.99. The highest BCUT2D eigenvalue weighted by atomic mass is 16.2. The maximum Gasteiger partial charge on any atom is 0.247 e. The number of rotatable bonds is 5. The van der Waals surface area contributed by atoms with E-state index >= 15 is 0 Å². The normalized spacial score (nSPS) is 20.9. The number of hydrogen-bond donors (Lipinski definition) is 1. The molecule has 2 aliphatic rings. The number of nitriles is 1. The van der Waals surface area contributed by atoms with Gasteiger partial charge >= 0.3 is 0 Å². The summed E-state index contributed by atoms with van der Waals surface area (Å²) in [4.78, 5) is 19.2. The molecule has 3 heterocycles. The quantitative estimate of drug-likeness (QED) is 0.705. The molecule has 7 nitrogen and oxygen atoms in total. The number of carbonyl (C=O) groups is 1. The summed E-state index contributed by atoms with van der Waals surface area (Å²) in [5, 5.41) is 17.5. The third kappa shape index (κ3) is 3.01. The second kappa shape index (κ2) is 6.99. The molecule has 1 aliphatic heterocycles. The Labute approximate surface area is 175 Å². The van der Waals surface area contributed by atoms with Gasteiger partial charge in [0.25, 0.3) is 0 Å². The fraction of sp³-hybridized carbons (Fsp3) is 0.304. The van der Waals surface area contributed by atoms with Crippen LogP contribution >= 0.6 is 0 Å². The first kappa shape index (κ1) is 18.4. The van der Waals surface area contributed by atoms with Gasteiger partial charge in [-0.2, -0.15) is 10.4 Å². The number of anilines is 3. The minimum atomic E-state index is -0.845. The summed E-state index contributed by atoms with van der Waals surface area (Å²) < 4.78 is 1.82. The van der Waals surface area contributed by atoms with Crippen LogP contribution < -0.4 is 10.2 Å². The minimum absolute atomic E-state index is 0.0751. The molecule has 1 amide bonds. The van der Waals surface area contributed by atoms with Crippen LogP contribution in [0, 0.1) is 22.7 Å². The summed E-state index contributed by atoms with van der Waals surface area (Å²) in [6.07, 6.45) is 4.22. The van der Waals surface area contributed by atoms with Gasteiger partial charge < -0.3 is 10.2 Å². The van der Waals surface area contributed by atoms with E-state index in [4.69, 9.17) is 0 Å². The summed E-state index contributed by atoms with van der Waals surface area (Å²) >= 11 is 0. The van der Waals surface area contributed by atoms with Crippen molar-refractivity contribution in [3.05, 3.63) is 54.7 Å². The highest BCUT2D eigenvalue weighted by Gasteiger charge is 2.56. The highest BCUT2D eigenvalue weighted by Crippen LogP contribution is 2.51. The molecular weight excluding hydrogens is 376 g/mol. The van der Waals surface area contributed by atoms with Crippen LogP contribution in [0.3, 0.4) is 0 Å². The Kier molecular flexibility index (Phi) is 4.28. The van der Waals surface area contributed by atoms with Gasteiger partial charge in [0.2, 0.25) is 5.91 Å². The van der Waals surface area contributed by atoms with Crippen LogP contribution in [0.15, 0.2) is 54.7 Å². The van der Waals surface area contributed by atoms with Crippen LogP contribution in [0.1, 0.15) is 19.3 Å². The van der Waals surface area contributed by atoms with Crippen LogP contribution in [0.25, 0.3) is 11.3 Å². The zero-order valence-electron chi connectivity index (χ0n) is 16.7. The molecule has 1 N–H and O–H groups in total. The van der Waals surface area contributed by atoms with Crippen molar-refractivity contribution < 1.29 is 4.79 Å². The Morgan fingerprint density at radius 2 is 1.97 bits per heavy atom. The van der Waals surface area contributed by atoms with Crippen LogP contribution in [0.4, 0.5) is 17.3 Å². The van der Waals surface area contributed by atoms with E-state index in [0.717, 1.165) is 29.8 Å². The van der Waals surface area contributed by atoms with Crippen LogP contribution in [-0.4, -0.2) is 27.2 Å². The van der Waals surface area contributed by atoms with E-state index < -0.39 is 5.41 Å². The van der Waals surface area contributed by atoms with Crippen LogP contribution in [-0.2, 0) is 11.8 Å². The average Bonchev–Trinajstić information content (AvgIpc) is 3.48. The van der Waals surface area contributed by atoms with E-state index in [-0.39, 0.29) is 11.8 Å². The SMILES string of the molecule is Cn1nc(Nc2cc(N3CC[C@@](C#N)(C4CC4)C3=O)ccn2)cc1-c1ccccc1. The summed E-state index contributed by atoms with van der Waals surface area (Å²) in [7, 11) is 1.90. The van der Waals surface area contributed by atoms with Crippen molar-refractivity contribution in [2.45, 2.75) is 19.3 Å². The summed E-state index contributed by atoms with van der Waals surface area (Å²) in [6, 6.07) is 18.0. The monoisotopic (exact) mass is 398 g/mol. The van der Waals surface area contributed by atoms with E-state index in [2.05, 4.69) is 21.5 Å². The summed E-state index contributed by atoms with van der Waals surface area (Å²) in [6.45, 7) is 0.564. The molecule has 3 aromatic rings. The number of benzene rings is 1. The topological polar surface area (TPSA) is 86.8 Å². The first-order chi connectivity index (χ1) is 14.6. The highest BCUT2D eigenvalue weighted by molar-refractivity contribution is 6.02. The van der Waals surface area contributed by atoms with Gasteiger partial charge in [-0.25, -0.2) is 4.98 Å². The molecule has 0 bridgehead atoms. The number of aromatic nitrogens is 3. The molecule has 1 aromatic carbocycles. The second-order valence-electron chi connectivity index (χ2n) is 7.99. The smallest absolute Gasteiger partial charge is 0.247 e. The van der Waals surface area contributed by atoms with Crippen molar-refractivity contribution in [1.29, 1.82) is 5.26 Å². The number of carbonyl (C=O) groups excluding carboxylic acids is 1. The molecule has 0 unspecified atom stereocenters. The number of hydrogen-bond acceptors (Lipinski definition) is 5. The number of amides is 1. The van der Waals surface area contributed by atoms with E-state index in [1.807, 2.05) is 60.3 Å². The Morgan fingerprint density at radius 3 is 2.70 bits per heavy atom. The fourth-order valence-electron chi connectivity index (χ4n) is 4.33. The molecule has 1 saturated heterocycles. The first-order valence-corrected chi connectivity index (χ1v) is 10.2. The van der Waals surface area contributed by atoms with Crippen molar-refractivity contribution in [3.8, 4) is 17.3 Å². The molecule has 30 heavy (non-hydrogen) atoms. The Bertz CT molecular complexity index is 1140. The molecule has 1 saturated carbocycles. The van der Waals surface area contributed by atoms with Gasteiger partial charge in [0.1, 0.15) is 11.2 Å². The van der Waals surface area contributed by atoms with Crippen LogP contribution in [0.2, 0.25) is 0 Å². The lowest BCUT2D eigenvalue weighted by molar-refractivity contribution is -0.123. The van der Waals surface area contributed by atoms with Crippen molar-refractivity contribution in [1.82, 2.24) is 14.8 Å². The minimum Gasteiger partial charge on any atom is -0.323 e. The standard InChI is InChI=1S/C23H22N6O/c1-28-19(16-5-3-2-4-6-16)14-21(27-28)26-20-13-18(9-11-25-20)29-12-10-23(15-24,22(29)30)17-7-8-17/h2-6,9,11,13-14,17H,7-8,10,12H2,1H3,(H,25,26,27)/t23-/m1/s1. The molecule has 0 spiro atoms. The van der Waals surface area contributed by atoms with Crippen molar-refractivity contribution in [3.63, 3.8) is 0 Å². The van der Waals surface area contributed by atoms with Gasteiger partial charge in [0, 0.05) is 37.6 Å². The van der Waals surface area contributed by atoms with E-state index in [0.29, 0.717) is 24.6 Å².